The summed E-state index contributed by atoms with van der Waals surface area (Å²) in [5.41, 5.74) is 4.07. The third-order valence-corrected chi connectivity index (χ3v) is 9.25. The van der Waals surface area contributed by atoms with Crippen LogP contribution in [0.3, 0.4) is 0 Å². The Morgan fingerprint density at radius 3 is 2.47 bits per heavy atom. The van der Waals surface area contributed by atoms with Crippen molar-refractivity contribution in [2.45, 2.75) is 30.0 Å². The van der Waals surface area contributed by atoms with E-state index in [4.69, 9.17) is 11.6 Å². The molecule has 5 rings (SSSR count). The molecule has 1 aromatic heterocycles. The molecule has 1 unspecified atom stereocenters. The van der Waals surface area contributed by atoms with Gasteiger partial charge in [-0.05, 0) is 83.5 Å². The molecule has 0 aliphatic carbocycles. The lowest BCUT2D eigenvalue weighted by atomic mass is 9.93. The molecule has 10 heteroatoms. The number of carbonyl (C=O) groups is 2. The van der Waals surface area contributed by atoms with Gasteiger partial charge in [-0.25, -0.2) is 0 Å². The van der Waals surface area contributed by atoms with Gasteiger partial charge in [-0.1, -0.05) is 76.7 Å². The molecule has 1 amide bonds. The number of halogens is 2. The molecule has 0 spiro atoms. The zero-order valence-electron chi connectivity index (χ0n) is 20.3. The van der Waals surface area contributed by atoms with Crippen LogP contribution in [0.5, 0.6) is 0 Å². The number of aromatic nitrogens is 2. The number of ketones is 1. The van der Waals surface area contributed by atoms with Gasteiger partial charge in [0.2, 0.25) is 5.13 Å². The van der Waals surface area contributed by atoms with Gasteiger partial charge in [0, 0.05) is 19.9 Å². The summed E-state index contributed by atoms with van der Waals surface area (Å²) in [7, 11) is 0. The highest BCUT2D eigenvalue weighted by Gasteiger charge is 2.48. The zero-order chi connectivity index (χ0) is 27.0. The fourth-order valence-electron chi connectivity index (χ4n) is 4.21. The minimum atomic E-state index is -0.839. The second-order valence-electron chi connectivity index (χ2n) is 8.80. The summed E-state index contributed by atoms with van der Waals surface area (Å²) in [6.07, 6.45) is 0. The van der Waals surface area contributed by atoms with Crippen LogP contribution in [0.15, 0.2) is 76.6 Å². The maximum Gasteiger partial charge on any atom is 0.301 e. The van der Waals surface area contributed by atoms with Gasteiger partial charge in [0.05, 0.1) is 11.6 Å². The highest BCUT2D eigenvalue weighted by atomic mass is 127. The van der Waals surface area contributed by atoms with E-state index < -0.39 is 17.7 Å². The number of nitrogens with zero attached hydrogens (tertiary/aromatic N) is 3. The molecule has 192 valence electrons. The number of Topliss-reactive ketones (excluding diaryl/α,β-unsaturated/α-hetero) is 1. The number of benzene rings is 3. The fourth-order valence-corrected chi connectivity index (χ4v) is 6.52. The Morgan fingerprint density at radius 2 is 1.76 bits per heavy atom. The largest absolute Gasteiger partial charge is 0.507 e. The van der Waals surface area contributed by atoms with Crippen molar-refractivity contribution in [1.82, 2.24) is 10.2 Å². The van der Waals surface area contributed by atoms with E-state index in [1.165, 1.54) is 28.0 Å². The molecular formula is C28H21ClIN3O3S2. The van der Waals surface area contributed by atoms with Crippen molar-refractivity contribution in [3.05, 3.63) is 109 Å². The SMILES string of the molecule is Cc1ccc(C)c(/C(O)=C2\C(=O)C(=O)N(c3nnc(SCc4ccc(Cl)cc4)s3)C2c2ccc(I)cc2)c1. The topological polar surface area (TPSA) is 83.4 Å². The van der Waals surface area contributed by atoms with Gasteiger partial charge < -0.3 is 5.11 Å². The first-order valence-corrected chi connectivity index (χ1v) is 14.8. The molecule has 1 atom stereocenters. The molecule has 1 N–H and O–H groups in total. The van der Waals surface area contributed by atoms with E-state index in [9.17, 15) is 14.7 Å². The molecule has 38 heavy (non-hydrogen) atoms. The lowest BCUT2D eigenvalue weighted by Gasteiger charge is -2.22. The molecular weight excluding hydrogens is 653 g/mol. The molecule has 0 radical (unpaired) electrons. The number of rotatable bonds is 6. The summed E-state index contributed by atoms with van der Waals surface area (Å²) in [6.45, 7) is 3.77. The number of aliphatic hydroxyl groups is 1. The first-order valence-electron chi connectivity index (χ1n) is 11.6. The lowest BCUT2D eigenvalue weighted by molar-refractivity contribution is -0.132. The maximum absolute atomic E-state index is 13.4. The summed E-state index contributed by atoms with van der Waals surface area (Å²) in [5.74, 6) is -1.04. The summed E-state index contributed by atoms with van der Waals surface area (Å²) in [6, 6.07) is 19.9. The molecule has 1 fully saturated rings. The first kappa shape index (κ1) is 26.9. The van der Waals surface area contributed by atoms with Gasteiger partial charge in [0.15, 0.2) is 4.34 Å². The van der Waals surface area contributed by atoms with Gasteiger partial charge in [-0.3, -0.25) is 14.5 Å². The number of thioether (sulfide) groups is 1. The number of hydrogen-bond acceptors (Lipinski definition) is 7. The molecule has 2 heterocycles. The highest BCUT2D eigenvalue weighted by molar-refractivity contribution is 14.1. The van der Waals surface area contributed by atoms with E-state index in [1.54, 1.807) is 0 Å². The van der Waals surface area contributed by atoms with Crippen LogP contribution in [0, 0.1) is 17.4 Å². The Bertz CT molecular complexity index is 1570. The Hall–Kier alpha value is -2.73. The van der Waals surface area contributed by atoms with E-state index in [0.29, 0.717) is 31.4 Å². The second kappa shape index (κ2) is 11.2. The van der Waals surface area contributed by atoms with Crippen molar-refractivity contribution in [3.8, 4) is 0 Å². The summed E-state index contributed by atoms with van der Waals surface area (Å²) >= 11 is 10.9. The van der Waals surface area contributed by atoms with Crippen molar-refractivity contribution < 1.29 is 14.7 Å². The zero-order valence-corrected chi connectivity index (χ0v) is 24.9. The van der Waals surface area contributed by atoms with E-state index in [-0.39, 0.29) is 11.3 Å². The van der Waals surface area contributed by atoms with Gasteiger partial charge >= 0.3 is 5.91 Å². The van der Waals surface area contributed by atoms with Crippen LogP contribution < -0.4 is 4.90 Å². The number of carbonyl (C=O) groups excluding carboxylic acids is 2. The number of aliphatic hydroxyl groups excluding tert-OH is 1. The quantitative estimate of drug-likeness (QED) is 0.0577. The highest BCUT2D eigenvalue weighted by Crippen LogP contribution is 2.44. The number of aryl methyl sites for hydroxylation is 2. The van der Waals surface area contributed by atoms with Crippen LogP contribution >= 0.6 is 57.3 Å². The van der Waals surface area contributed by atoms with Crippen LogP contribution in [0.25, 0.3) is 5.76 Å². The molecule has 1 saturated heterocycles. The van der Waals surface area contributed by atoms with Gasteiger partial charge in [0.25, 0.3) is 5.78 Å². The predicted molar refractivity (Wildman–Crippen MR) is 161 cm³/mol. The van der Waals surface area contributed by atoms with E-state index in [0.717, 1.165) is 20.3 Å². The van der Waals surface area contributed by atoms with E-state index in [2.05, 4.69) is 32.8 Å². The second-order valence-corrected chi connectivity index (χ2v) is 12.7. The Kier molecular flexibility index (Phi) is 7.90. The van der Waals surface area contributed by atoms with E-state index >= 15 is 0 Å². The van der Waals surface area contributed by atoms with Crippen LogP contribution in [0.1, 0.15) is 33.9 Å². The third-order valence-electron chi connectivity index (χ3n) is 6.16. The molecule has 4 aromatic rings. The average Bonchev–Trinajstić information content (AvgIpc) is 3.47. The van der Waals surface area contributed by atoms with Crippen LogP contribution in [-0.4, -0.2) is 27.0 Å². The van der Waals surface area contributed by atoms with E-state index in [1.807, 2.05) is 80.6 Å². The Morgan fingerprint density at radius 1 is 1.05 bits per heavy atom. The summed E-state index contributed by atoms with van der Waals surface area (Å²) in [4.78, 5) is 28.2. The number of hydrogen-bond donors (Lipinski definition) is 1. The Labute approximate surface area is 246 Å². The minimum Gasteiger partial charge on any atom is -0.507 e. The number of anilines is 1. The smallest absolute Gasteiger partial charge is 0.301 e. The van der Waals surface area contributed by atoms with Crippen LogP contribution in [0.2, 0.25) is 5.02 Å². The normalized spacial score (nSPS) is 16.8. The number of amides is 1. The van der Waals surface area contributed by atoms with Crippen molar-refractivity contribution in [1.29, 1.82) is 0 Å². The average molecular weight is 674 g/mol. The maximum atomic E-state index is 13.4. The van der Waals surface area contributed by atoms with Crippen LogP contribution in [-0.2, 0) is 15.3 Å². The predicted octanol–water partition coefficient (Wildman–Crippen LogP) is 7.33. The molecule has 0 saturated carbocycles. The minimum absolute atomic E-state index is 0.0375. The molecule has 1 aliphatic heterocycles. The standard InChI is InChI=1S/C28H21ClIN3O3S2/c1-15-3-4-16(2)21(13-15)24(34)22-23(18-7-11-20(30)12-8-18)33(26(36)25(22)35)27-31-32-28(38-27)37-14-17-5-9-19(29)10-6-17/h3-13,23,34H,14H2,1-2H3/b24-22+. The molecule has 6 nitrogen and oxygen atoms in total. The lowest BCUT2D eigenvalue weighted by Crippen LogP contribution is -2.29. The Balaban J connectivity index is 1.55. The summed E-state index contributed by atoms with van der Waals surface area (Å²) < 4.78 is 1.67. The van der Waals surface area contributed by atoms with Gasteiger partial charge in [0.1, 0.15) is 5.76 Å². The van der Waals surface area contributed by atoms with Crippen molar-refractivity contribution >= 4 is 79.9 Å². The van der Waals surface area contributed by atoms with Crippen LogP contribution in [0.4, 0.5) is 5.13 Å². The fraction of sp³-hybridized carbons (Fsp3) is 0.143. The molecule has 0 bridgehead atoms. The molecule has 1 aliphatic rings. The van der Waals surface area contributed by atoms with Crippen molar-refractivity contribution in [3.63, 3.8) is 0 Å². The monoisotopic (exact) mass is 673 g/mol. The van der Waals surface area contributed by atoms with Crippen molar-refractivity contribution in [2.75, 3.05) is 4.90 Å². The van der Waals surface area contributed by atoms with Gasteiger partial charge in [-0.2, -0.15) is 0 Å². The summed E-state index contributed by atoms with van der Waals surface area (Å²) in [5, 5.41) is 20.9. The van der Waals surface area contributed by atoms with Crippen molar-refractivity contribution in [2.24, 2.45) is 0 Å². The van der Waals surface area contributed by atoms with Gasteiger partial charge in [-0.15, -0.1) is 10.2 Å². The first-order chi connectivity index (χ1) is 18.2. The molecule has 3 aromatic carbocycles. The third kappa shape index (κ3) is 5.38.